The van der Waals surface area contributed by atoms with Gasteiger partial charge in [-0.3, -0.25) is 4.79 Å². The molecular weight excluding hydrogens is 285 g/mol. The number of nitrogens with two attached hydrogens (primary N) is 1. The predicted octanol–water partition coefficient (Wildman–Crippen LogP) is 2.69. The van der Waals surface area contributed by atoms with Crippen molar-refractivity contribution in [1.82, 2.24) is 5.32 Å². The molecule has 0 aliphatic heterocycles. The second kappa shape index (κ2) is 6.34. The van der Waals surface area contributed by atoms with Crippen molar-refractivity contribution in [2.24, 2.45) is 11.1 Å². The van der Waals surface area contributed by atoms with Crippen molar-refractivity contribution in [3.8, 4) is 5.75 Å². The fourth-order valence-electron chi connectivity index (χ4n) is 1.71. The largest absolute Gasteiger partial charge is 0.573 e. The topological polar surface area (TPSA) is 64.3 Å². The highest BCUT2D eigenvalue weighted by molar-refractivity contribution is 5.94. The zero-order valence-corrected chi connectivity index (χ0v) is 12.1. The Hall–Kier alpha value is -1.76. The molecule has 118 valence electrons. The number of alkyl halides is 3. The number of carbonyl (C=O) groups is 1. The molecule has 0 aliphatic rings. The summed E-state index contributed by atoms with van der Waals surface area (Å²) in [4.78, 5) is 12.1. The first kappa shape index (κ1) is 17.3. The third kappa shape index (κ3) is 5.63. The number of ether oxygens (including phenoxy) is 1. The predicted molar refractivity (Wildman–Crippen MR) is 72.9 cm³/mol. The average Bonchev–Trinajstić information content (AvgIpc) is 2.32. The summed E-state index contributed by atoms with van der Waals surface area (Å²) in [6.45, 7) is 5.96. The van der Waals surface area contributed by atoms with E-state index >= 15 is 0 Å². The summed E-state index contributed by atoms with van der Waals surface area (Å²) in [5, 5.41) is 2.71. The molecule has 0 radical (unpaired) electrons. The third-order valence-corrected chi connectivity index (χ3v) is 2.92. The minimum Gasteiger partial charge on any atom is -0.406 e. The normalized spacial score (nSPS) is 13.7. The first-order valence-electron chi connectivity index (χ1n) is 6.39. The molecule has 4 nitrogen and oxygen atoms in total. The van der Waals surface area contributed by atoms with E-state index in [9.17, 15) is 18.0 Å². The maximum Gasteiger partial charge on any atom is 0.573 e. The molecule has 0 aromatic heterocycles. The zero-order chi connectivity index (χ0) is 16.3. The Labute approximate surface area is 121 Å². The van der Waals surface area contributed by atoms with Gasteiger partial charge < -0.3 is 15.8 Å². The molecule has 0 saturated carbocycles. The highest BCUT2D eigenvalue weighted by Crippen LogP contribution is 2.24. The van der Waals surface area contributed by atoms with Gasteiger partial charge in [-0.2, -0.15) is 0 Å². The number of halogens is 3. The van der Waals surface area contributed by atoms with Gasteiger partial charge in [0.05, 0.1) is 0 Å². The lowest BCUT2D eigenvalue weighted by atomic mass is 9.86. The van der Waals surface area contributed by atoms with Crippen molar-refractivity contribution >= 4 is 5.91 Å². The van der Waals surface area contributed by atoms with Crippen LogP contribution in [0.1, 0.15) is 31.1 Å². The molecule has 1 unspecified atom stereocenters. The lowest BCUT2D eigenvalue weighted by Crippen LogP contribution is -2.48. The maximum absolute atomic E-state index is 12.2. The van der Waals surface area contributed by atoms with Crippen molar-refractivity contribution in [3.05, 3.63) is 29.8 Å². The Morgan fingerprint density at radius 3 is 2.43 bits per heavy atom. The first-order chi connectivity index (χ1) is 9.53. The summed E-state index contributed by atoms with van der Waals surface area (Å²) in [6.07, 6.45) is -4.79. The molecule has 0 heterocycles. The lowest BCUT2D eigenvalue weighted by Gasteiger charge is -2.30. The Morgan fingerprint density at radius 1 is 1.33 bits per heavy atom. The van der Waals surface area contributed by atoms with Crippen LogP contribution in [0.25, 0.3) is 0 Å². The van der Waals surface area contributed by atoms with E-state index < -0.39 is 18.0 Å². The van der Waals surface area contributed by atoms with Crippen LogP contribution in [0.2, 0.25) is 0 Å². The molecule has 0 aliphatic carbocycles. The van der Waals surface area contributed by atoms with Gasteiger partial charge in [0.15, 0.2) is 0 Å². The van der Waals surface area contributed by atoms with Crippen LogP contribution in [0, 0.1) is 5.41 Å². The van der Waals surface area contributed by atoms with E-state index in [4.69, 9.17) is 5.73 Å². The van der Waals surface area contributed by atoms with Crippen LogP contribution >= 0.6 is 0 Å². The number of carbonyl (C=O) groups excluding carboxylic acids is 1. The molecule has 0 fully saturated rings. The van der Waals surface area contributed by atoms with Crippen LogP contribution in [0.3, 0.4) is 0 Å². The fourth-order valence-corrected chi connectivity index (χ4v) is 1.71. The Bertz CT molecular complexity index is 496. The number of hydrogen-bond acceptors (Lipinski definition) is 3. The van der Waals surface area contributed by atoms with Crippen LogP contribution < -0.4 is 15.8 Å². The lowest BCUT2D eigenvalue weighted by molar-refractivity contribution is -0.274. The van der Waals surface area contributed by atoms with Crippen LogP contribution in [0.4, 0.5) is 13.2 Å². The Kier molecular flexibility index (Phi) is 5.22. The van der Waals surface area contributed by atoms with Gasteiger partial charge in [-0.1, -0.05) is 26.8 Å². The highest BCUT2D eigenvalue weighted by atomic mass is 19.4. The van der Waals surface area contributed by atoms with E-state index in [1.165, 1.54) is 12.1 Å². The summed E-state index contributed by atoms with van der Waals surface area (Å²) in [5.74, 6) is -0.928. The molecule has 1 aromatic rings. The third-order valence-electron chi connectivity index (χ3n) is 2.92. The van der Waals surface area contributed by atoms with Crippen molar-refractivity contribution in [1.29, 1.82) is 0 Å². The molecular formula is C14H19F3N2O2. The Balaban J connectivity index is 2.86. The number of benzene rings is 1. The second-order valence-corrected chi connectivity index (χ2v) is 5.70. The van der Waals surface area contributed by atoms with Gasteiger partial charge in [0.25, 0.3) is 5.91 Å². The molecule has 0 bridgehead atoms. The summed E-state index contributed by atoms with van der Waals surface area (Å²) >= 11 is 0. The first-order valence-corrected chi connectivity index (χ1v) is 6.39. The van der Waals surface area contributed by atoms with Gasteiger partial charge in [-0.25, -0.2) is 0 Å². The van der Waals surface area contributed by atoms with E-state index in [-0.39, 0.29) is 23.6 Å². The van der Waals surface area contributed by atoms with Gasteiger partial charge >= 0.3 is 6.36 Å². The smallest absolute Gasteiger partial charge is 0.406 e. The summed E-state index contributed by atoms with van der Waals surface area (Å²) in [7, 11) is 0. The van der Waals surface area contributed by atoms with Crippen molar-refractivity contribution in [2.75, 3.05) is 6.54 Å². The van der Waals surface area contributed by atoms with Gasteiger partial charge in [0.1, 0.15) is 5.75 Å². The molecule has 1 rings (SSSR count). The van der Waals surface area contributed by atoms with Gasteiger partial charge in [-0.05, 0) is 23.6 Å². The molecule has 1 amide bonds. The van der Waals surface area contributed by atoms with E-state index in [0.29, 0.717) is 0 Å². The van der Waals surface area contributed by atoms with E-state index in [1.54, 1.807) is 0 Å². The van der Waals surface area contributed by atoms with Crippen LogP contribution in [0.5, 0.6) is 5.75 Å². The highest BCUT2D eigenvalue weighted by Gasteiger charge is 2.31. The summed E-state index contributed by atoms with van der Waals surface area (Å²) < 4.78 is 40.3. The second-order valence-electron chi connectivity index (χ2n) is 5.70. The zero-order valence-electron chi connectivity index (χ0n) is 12.1. The quantitative estimate of drug-likeness (QED) is 0.899. The van der Waals surface area contributed by atoms with Gasteiger partial charge in [-0.15, -0.1) is 13.2 Å². The standard InChI is InChI=1S/C14H19F3N2O2/c1-13(2,3)11(8-18)19-12(20)9-5-4-6-10(7-9)21-14(15,16)17/h4-7,11H,8,18H2,1-3H3,(H,19,20). The van der Waals surface area contributed by atoms with E-state index in [0.717, 1.165) is 12.1 Å². The SMILES string of the molecule is CC(C)(C)C(CN)NC(=O)c1cccc(OC(F)(F)F)c1. The van der Waals surface area contributed by atoms with Crippen molar-refractivity contribution < 1.29 is 22.7 Å². The van der Waals surface area contributed by atoms with Gasteiger partial charge in [0, 0.05) is 18.2 Å². The van der Waals surface area contributed by atoms with Crippen molar-refractivity contribution in [3.63, 3.8) is 0 Å². The maximum atomic E-state index is 12.2. The minimum atomic E-state index is -4.79. The monoisotopic (exact) mass is 304 g/mol. The molecule has 0 saturated heterocycles. The molecule has 0 spiro atoms. The number of nitrogens with one attached hydrogen (secondary N) is 1. The van der Waals surface area contributed by atoms with Crippen LogP contribution in [-0.4, -0.2) is 24.9 Å². The van der Waals surface area contributed by atoms with Crippen LogP contribution in [0.15, 0.2) is 24.3 Å². The molecule has 7 heteroatoms. The average molecular weight is 304 g/mol. The van der Waals surface area contributed by atoms with E-state index in [1.807, 2.05) is 20.8 Å². The number of amides is 1. The molecule has 1 atom stereocenters. The number of hydrogen-bond donors (Lipinski definition) is 2. The molecule has 21 heavy (non-hydrogen) atoms. The minimum absolute atomic E-state index is 0.0828. The molecule has 3 N–H and O–H groups in total. The van der Waals surface area contributed by atoms with Gasteiger partial charge in [0.2, 0.25) is 0 Å². The fraction of sp³-hybridized carbons (Fsp3) is 0.500. The Morgan fingerprint density at radius 2 is 1.95 bits per heavy atom. The summed E-state index contributed by atoms with van der Waals surface area (Å²) in [6, 6.07) is 4.62. The van der Waals surface area contributed by atoms with Crippen LogP contribution in [-0.2, 0) is 0 Å². The summed E-state index contributed by atoms with van der Waals surface area (Å²) in [5.41, 5.74) is 5.43. The van der Waals surface area contributed by atoms with E-state index in [2.05, 4.69) is 10.1 Å². The molecule has 1 aromatic carbocycles. The number of rotatable bonds is 4. The van der Waals surface area contributed by atoms with Crippen molar-refractivity contribution in [2.45, 2.75) is 33.2 Å².